The standard InChI is InChI=1S/C14H19FO3/c1-10-6-5-7-11(13(10)15)17-9-8-12(16)18-14(2,3)4/h5-7H,8-9H2,1-4H3. The molecule has 0 radical (unpaired) electrons. The minimum Gasteiger partial charge on any atom is -0.490 e. The monoisotopic (exact) mass is 254 g/mol. The maximum absolute atomic E-state index is 13.6. The number of aryl methyl sites for hydroxylation is 1. The van der Waals surface area contributed by atoms with Gasteiger partial charge in [0.1, 0.15) is 5.60 Å². The van der Waals surface area contributed by atoms with E-state index in [1.165, 1.54) is 6.07 Å². The number of hydrogen-bond acceptors (Lipinski definition) is 3. The fraction of sp³-hybridized carbons (Fsp3) is 0.500. The first-order valence-corrected chi connectivity index (χ1v) is 5.89. The van der Waals surface area contributed by atoms with E-state index in [1.54, 1.807) is 39.8 Å². The van der Waals surface area contributed by atoms with E-state index in [9.17, 15) is 9.18 Å². The lowest BCUT2D eigenvalue weighted by atomic mass is 10.2. The van der Waals surface area contributed by atoms with Crippen LogP contribution in [0.5, 0.6) is 5.75 Å². The molecule has 0 saturated carbocycles. The molecule has 0 aliphatic rings. The molecule has 0 atom stereocenters. The molecular formula is C14H19FO3. The summed E-state index contributed by atoms with van der Waals surface area (Å²) in [6, 6.07) is 4.91. The SMILES string of the molecule is Cc1cccc(OCCC(=O)OC(C)(C)C)c1F. The van der Waals surface area contributed by atoms with Crippen molar-refractivity contribution in [2.75, 3.05) is 6.61 Å². The Bertz CT molecular complexity index is 422. The summed E-state index contributed by atoms with van der Waals surface area (Å²) in [6.07, 6.45) is 0.102. The lowest BCUT2D eigenvalue weighted by molar-refractivity contribution is -0.155. The summed E-state index contributed by atoms with van der Waals surface area (Å²) in [6.45, 7) is 7.16. The lowest BCUT2D eigenvalue weighted by Crippen LogP contribution is -2.24. The number of carbonyl (C=O) groups excluding carboxylic acids is 1. The Morgan fingerprint density at radius 3 is 2.61 bits per heavy atom. The molecule has 0 N–H and O–H groups in total. The van der Waals surface area contributed by atoms with Crippen molar-refractivity contribution in [3.05, 3.63) is 29.6 Å². The van der Waals surface area contributed by atoms with Crippen LogP contribution in [0, 0.1) is 12.7 Å². The van der Waals surface area contributed by atoms with Crippen LogP contribution in [0.2, 0.25) is 0 Å². The van der Waals surface area contributed by atoms with Gasteiger partial charge in [-0.05, 0) is 39.3 Å². The van der Waals surface area contributed by atoms with E-state index in [4.69, 9.17) is 9.47 Å². The molecule has 0 aliphatic heterocycles. The topological polar surface area (TPSA) is 35.5 Å². The Balaban J connectivity index is 2.43. The molecule has 0 aromatic heterocycles. The average molecular weight is 254 g/mol. The Morgan fingerprint density at radius 1 is 1.33 bits per heavy atom. The van der Waals surface area contributed by atoms with Crippen LogP contribution in [0.3, 0.4) is 0 Å². The Labute approximate surface area is 107 Å². The molecule has 0 saturated heterocycles. The van der Waals surface area contributed by atoms with Crippen LogP contribution in [0.25, 0.3) is 0 Å². The van der Waals surface area contributed by atoms with Gasteiger partial charge in [0.05, 0.1) is 13.0 Å². The second kappa shape index (κ2) is 5.85. The number of benzene rings is 1. The molecule has 18 heavy (non-hydrogen) atoms. The van der Waals surface area contributed by atoms with Gasteiger partial charge in [0, 0.05) is 0 Å². The summed E-state index contributed by atoms with van der Waals surface area (Å²) in [5.74, 6) is -0.573. The van der Waals surface area contributed by atoms with E-state index in [2.05, 4.69) is 0 Å². The van der Waals surface area contributed by atoms with Gasteiger partial charge in [-0.3, -0.25) is 4.79 Å². The molecule has 0 heterocycles. The molecule has 0 spiro atoms. The zero-order valence-electron chi connectivity index (χ0n) is 11.2. The molecule has 3 nitrogen and oxygen atoms in total. The Kier molecular flexibility index (Phi) is 4.70. The van der Waals surface area contributed by atoms with E-state index in [0.717, 1.165) is 0 Å². The summed E-state index contributed by atoms with van der Waals surface area (Å²) in [5, 5.41) is 0. The molecule has 0 bridgehead atoms. The van der Waals surface area contributed by atoms with E-state index < -0.39 is 5.60 Å². The fourth-order valence-corrected chi connectivity index (χ4v) is 1.37. The van der Waals surface area contributed by atoms with Crippen molar-refractivity contribution < 1.29 is 18.7 Å². The van der Waals surface area contributed by atoms with Crippen molar-refractivity contribution in [3.63, 3.8) is 0 Å². The van der Waals surface area contributed by atoms with Crippen molar-refractivity contribution in [2.45, 2.75) is 39.7 Å². The van der Waals surface area contributed by atoms with E-state index in [1.807, 2.05) is 0 Å². The van der Waals surface area contributed by atoms with Gasteiger partial charge >= 0.3 is 5.97 Å². The van der Waals surface area contributed by atoms with Crippen molar-refractivity contribution in [3.8, 4) is 5.75 Å². The predicted molar refractivity (Wildman–Crippen MR) is 67.1 cm³/mol. The highest BCUT2D eigenvalue weighted by Crippen LogP contribution is 2.19. The highest BCUT2D eigenvalue weighted by molar-refractivity contribution is 5.69. The maximum Gasteiger partial charge on any atom is 0.309 e. The van der Waals surface area contributed by atoms with Gasteiger partial charge in [-0.25, -0.2) is 4.39 Å². The van der Waals surface area contributed by atoms with Gasteiger partial charge in [-0.1, -0.05) is 12.1 Å². The van der Waals surface area contributed by atoms with E-state index in [0.29, 0.717) is 5.56 Å². The first kappa shape index (κ1) is 14.5. The molecule has 1 aromatic carbocycles. The third kappa shape index (κ3) is 4.73. The number of esters is 1. The number of carbonyl (C=O) groups is 1. The first-order valence-electron chi connectivity index (χ1n) is 5.89. The van der Waals surface area contributed by atoms with Crippen LogP contribution >= 0.6 is 0 Å². The molecule has 100 valence electrons. The molecule has 4 heteroatoms. The molecule has 1 rings (SSSR count). The number of halogens is 1. The largest absolute Gasteiger partial charge is 0.490 e. The first-order chi connectivity index (χ1) is 8.29. The normalized spacial score (nSPS) is 11.2. The minimum absolute atomic E-state index is 0.102. The highest BCUT2D eigenvalue weighted by Gasteiger charge is 2.16. The van der Waals surface area contributed by atoms with Crippen LogP contribution in [0.15, 0.2) is 18.2 Å². The Morgan fingerprint density at radius 2 is 2.00 bits per heavy atom. The van der Waals surface area contributed by atoms with Gasteiger partial charge in [0.2, 0.25) is 0 Å². The predicted octanol–water partition coefficient (Wildman–Crippen LogP) is 3.24. The van der Waals surface area contributed by atoms with E-state index >= 15 is 0 Å². The third-order valence-corrected chi connectivity index (χ3v) is 2.14. The zero-order chi connectivity index (χ0) is 13.8. The van der Waals surface area contributed by atoms with Crippen molar-refractivity contribution in [1.29, 1.82) is 0 Å². The summed E-state index contributed by atoms with van der Waals surface area (Å²) in [4.78, 5) is 11.4. The lowest BCUT2D eigenvalue weighted by Gasteiger charge is -2.19. The fourth-order valence-electron chi connectivity index (χ4n) is 1.37. The van der Waals surface area contributed by atoms with E-state index in [-0.39, 0.29) is 30.6 Å². The molecule has 0 aliphatic carbocycles. The smallest absolute Gasteiger partial charge is 0.309 e. The van der Waals surface area contributed by atoms with Crippen LogP contribution in [0.4, 0.5) is 4.39 Å². The quantitative estimate of drug-likeness (QED) is 0.774. The minimum atomic E-state index is -0.508. The van der Waals surface area contributed by atoms with Gasteiger partial charge in [-0.15, -0.1) is 0 Å². The number of rotatable bonds is 4. The van der Waals surface area contributed by atoms with Crippen LogP contribution < -0.4 is 4.74 Å². The summed E-state index contributed by atoms with van der Waals surface area (Å²) in [7, 11) is 0. The van der Waals surface area contributed by atoms with Gasteiger partial charge in [0.15, 0.2) is 11.6 Å². The van der Waals surface area contributed by atoms with Gasteiger partial charge < -0.3 is 9.47 Å². The average Bonchev–Trinajstić information content (AvgIpc) is 2.21. The maximum atomic E-state index is 13.6. The van der Waals surface area contributed by atoms with Crippen molar-refractivity contribution in [2.24, 2.45) is 0 Å². The summed E-state index contributed by atoms with van der Waals surface area (Å²) >= 11 is 0. The van der Waals surface area contributed by atoms with Crippen LogP contribution in [-0.2, 0) is 9.53 Å². The summed E-state index contributed by atoms with van der Waals surface area (Å²) < 4.78 is 23.9. The summed E-state index contributed by atoms with van der Waals surface area (Å²) in [5.41, 5.74) is 0.0100. The third-order valence-electron chi connectivity index (χ3n) is 2.14. The van der Waals surface area contributed by atoms with Gasteiger partial charge in [0.25, 0.3) is 0 Å². The second-order valence-electron chi connectivity index (χ2n) is 5.07. The zero-order valence-corrected chi connectivity index (χ0v) is 11.2. The molecular weight excluding hydrogens is 235 g/mol. The molecule has 1 aromatic rings. The second-order valence-corrected chi connectivity index (χ2v) is 5.07. The highest BCUT2D eigenvalue weighted by atomic mass is 19.1. The number of hydrogen-bond donors (Lipinski definition) is 0. The van der Waals surface area contributed by atoms with Gasteiger partial charge in [-0.2, -0.15) is 0 Å². The molecule has 0 unspecified atom stereocenters. The number of ether oxygens (including phenoxy) is 2. The van der Waals surface area contributed by atoms with Crippen molar-refractivity contribution >= 4 is 5.97 Å². The Hall–Kier alpha value is -1.58. The molecule has 0 fully saturated rings. The van der Waals surface area contributed by atoms with Crippen molar-refractivity contribution in [1.82, 2.24) is 0 Å². The van der Waals surface area contributed by atoms with Crippen LogP contribution in [-0.4, -0.2) is 18.2 Å². The van der Waals surface area contributed by atoms with Crippen LogP contribution in [0.1, 0.15) is 32.8 Å². The molecule has 0 amide bonds.